The number of carbonyl (C=O) groups is 1. The normalized spacial score (nSPS) is 21.9. The Balaban J connectivity index is 2.06. The zero-order chi connectivity index (χ0) is 15.2. The van der Waals surface area contributed by atoms with Gasteiger partial charge in [0.1, 0.15) is 0 Å². The first-order valence-corrected chi connectivity index (χ1v) is 7.91. The van der Waals surface area contributed by atoms with Gasteiger partial charge in [0, 0.05) is 30.4 Å². The van der Waals surface area contributed by atoms with Gasteiger partial charge in [-0.05, 0) is 43.9 Å². The maximum atomic E-state index is 11.6. The Hall–Kier alpha value is -1.55. The van der Waals surface area contributed by atoms with Crippen molar-refractivity contribution in [3.8, 4) is 0 Å². The van der Waals surface area contributed by atoms with Crippen LogP contribution in [0, 0.1) is 6.92 Å². The second-order valence-corrected chi connectivity index (χ2v) is 5.65. The summed E-state index contributed by atoms with van der Waals surface area (Å²) in [4.78, 5) is 11.6. The number of anilines is 2. The lowest BCUT2D eigenvalue weighted by atomic mass is 10.0. The highest BCUT2D eigenvalue weighted by Crippen LogP contribution is 2.27. The van der Waals surface area contributed by atoms with Crippen LogP contribution in [0.15, 0.2) is 18.2 Å². The molecule has 1 aliphatic rings. The molecule has 0 spiro atoms. The van der Waals surface area contributed by atoms with Gasteiger partial charge < -0.3 is 15.4 Å². The summed E-state index contributed by atoms with van der Waals surface area (Å²) in [6.07, 6.45) is 3.99. The van der Waals surface area contributed by atoms with Gasteiger partial charge in [-0.15, -0.1) is 0 Å². The largest absolute Gasteiger partial charge is 0.382 e. The Morgan fingerprint density at radius 2 is 2.10 bits per heavy atom. The molecule has 1 aliphatic heterocycles. The molecule has 1 aromatic carbocycles. The third-order valence-electron chi connectivity index (χ3n) is 4.11. The highest BCUT2D eigenvalue weighted by Gasteiger charge is 2.21. The summed E-state index contributed by atoms with van der Waals surface area (Å²) < 4.78 is 5.72. The molecule has 0 aliphatic carbocycles. The second kappa shape index (κ2) is 7.46. The number of hydrogen-bond acceptors (Lipinski definition) is 3. The summed E-state index contributed by atoms with van der Waals surface area (Å²) in [6.45, 7) is 6.89. The van der Waals surface area contributed by atoms with Crippen molar-refractivity contribution >= 4 is 17.3 Å². The molecule has 2 N–H and O–H groups in total. The number of rotatable bonds is 5. The van der Waals surface area contributed by atoms with Crippen molar-refractivity contribution in [2.45, 2.75) is 58.6 Å². The standard InChI is InChI=1S/C17H26N2O2/c1-4-14-11-13(9-10-21-14)18-15-7-6-8-16(12(15)3)19-17(20)5-2/h6-8,13-14,18H,4-5,9-11H2,1-3H3,(H,19,20). The quantitative estimate of drug-likeness (QED) is 0.869. The lowest BCUT2D eigenvalue weighted by Gasteiger charge is -2.31. The van der Waals surface area contributed by atoms with Crippen molar-refractivity contribution in [2.24, 2.45) is 0 Å². The molecule has 116 valence electrons. The molecule has 0 radical (unpaired) electrons. The fourth-order valence-corrected chi connectivity index (χ4v) is 2.68. The minimum absolute atomic E-state index is 0.0485. The first-order chi connectivity index (χ1) is 10.1. The molecule has 4 nitrogen and oxygen atoms in total. The van der Waals surface area contributed by atoms with Crippen molar-refractivity contribution < 1.29 is 9.53 Å². The van der Waals surface area contributed by atoms with E-state index in [0.717, 1.165) is 42.8 Å². The van der Waals surface area contributed by atoms with E-state index < -0.39 is 0 Å². The third kappa shape index (κ3) is 4.21. The van der Waals surface area contributed by atoms with Crippen molar-refractivity contribution in [3.05, 3.63) is 23.8 Å². The molecule has 0 bridgehead atoms. The SMILES string of the molecule is CCC(=O)Nc1cccc(NC2CCOC(CC)C2)c1C. The van der Waals surface area contributed by atoms with Crippen LogP contribution in [0.1, 0.15) is 45.1 Å². The number of carbonyl (C=O) groups excluding carboxylic acids is 1. The molecule has 1 amide bonds. The molecule has 1 heterocycles. The zero-order valence-electron chi connectivity index (χ0n) is 13.2. The van der Waals surface area contributed by atoms with E-state index in [9.17, 15) is 4.79 Å². The van der Waals surface area contributed by atoms with Crippen LogP contribution in [0.5, 0.6) is 0 Å². The molecular weight excluding hydrogens is 264 g/mol. The maximum absolute atomic E-state index is 11.6. The van der Waals surface area contributed by atoms with Gasteiger partial charge in [-0.25, -0.2) is 0 Å². The number of nitrogens with one attached hydrogen (secondary N) is 2. The van der Waals surface area contributed by atoms with Gasteiger partial charge in [0.05, 0.1) is 6.10 Å². The fraction of sp³-hybridized carbons (Fsp3) is 0.588. The molecule has 2 rings (SSSR count). The Morgan fingerprint density at radius 3 is 2.81 bits per heavy atom. The first kappa shape index (κ1) is 15.8. The lowest BCUT2D eigenvalue weighted by Crippen LogP contribution is -2.33. The van der Waals surface area contributed by atoms with Gasteiger partial charge in [-0.1, -0.05) is 19.9 Å². The molecule has 0 saturated carbocycles. The summed E-state index contributed by atoms with van der Waals surface area (Å²) in [6, 6.07) is 6.46. The molecule has 2 unspecified atom stereocenters. The first-order valence-electron chi connectivity index (χ1n) is 7.91. The van der Waals surface area contributed by atoms with E-state index >= 15 is 0 Å². The van der Waals surface area contributed by atoms with Gasteiger partial charge in [0.25, 0.3) is 0 Å². The van der Waals surface area contributed by atoms with Crippen LogP contribution in [-0.2, 0) is 9.53 Å². The molecule has 1 saturated heterocycles. The van der Waals surface area contributed by atoms with E-state index in [2.05, 4.69) is 23.6 Å². The Bertz CT molecular complexity index is 488. The van der Waals surface area contributed by atoms with Crippen LogP contribution >= 0.6 is 0 Å². The highest BCUT2D eigenvalue weighted by atomic mass is 16.5. The Morgan fingerprint density at radius 1 is 1.33 bits per heavy atom. The van der Waals surface area contributed by atoms with E-state index in [1.165, 1.54) is 0 Å². The van der Waals surface area contributed by atoms with Gasteiger partial charge in [0.2, 0.25) is 5.91 Å². The van der Waals surface area contributed by atoms with Crippen LogP contribution in [0.2, 0.25) is 0 Å². The number of ether oxygens (including phenoxy) is 1. The van der Waals surface area contributed by atoms with Gasteiger partial charge in [-0.2, -0.15) is 0 Å². The number of amides is 1. The van der Waals surface area contributed by atoms with Gasteiger partial charge >= 0.3 is 0 Å². The minimum Gasteiger partial charge on any atom is -0.382 e. The van der Waals surface area contributed by atoms with Crippen LogP contribution in [0.3, 0.4) is 0 Å². The fourth-order valence-electron chi connectivity index (χ4n) is 2.68. The lowest BCUT2D eigenvalue weighted by molar-refractivity contribution is -0.115. The van der Waals surface area contributed by atoms with E-state index in [0.29, 0.717) is 18.6 Å². The van der Waals surface area contributed by atoms with Crippen LogP contribution < -0.4 is 10.6 Å². The summed E-state index contributed by atoms with van der Waals surface area (Å²) in [5.74, 6) is 0.0485. The molecule has 4 heteroatoms. The highest BCUT2D eigenvalue weighted by molar-refractivity contribution is 5.92. The maximum Gasteiger partial charge on any atom is 0.224 e. The van der Waals surface area contributed by atoms with Crippen LogP contribution in [-0.4, -0.2) is 24.7 Å². The molecule has 1 fully saturated rings. The van der Waals surface area contributed by atoms with E-state index in [1.807, 2.05) is 26.0 Å². The number of benzene rings is 1. The molecule has 21 heavy (non-hydrogen) atoms. The Kier molecular flexibility index (Phi) is 5.62. The predicted molar refractivity (Wildman–Crippen MR) is 86.8 cm³/mol. The average molecular weight is 290 g/mol. The van der Waals surface area contributed by atoms with Gasteiger partial charge in [-0.3, -0.25) is 4.79 Å². The molecule has 0 aromatic heterocycles. The summed E-state index contributed by atoms with van der Waals surface area (Å²) in [5.41, 5.74) is 3.09. The van der Waals surface area contributed by atoms with Crippen LogP contribution in [0.4, 0.5) is 11.4 Å². The topological polar surface area (TPSA) is 50.4 Å². The summed E-state index contributed by atoms with van der Waals surface area (Å²) >= 11 is 0. The number of hydrogen-bond donors (Lipinski definition) is 2. The van der Waals surface area contributed by atoms with E-state index in [4.69, 9.17) is 4.74 Å². The van der Waals surface area contributed by atoms with E-state index in [-0.39, 0.29) is 5.91 Å². The van der Waals surface area contributed by atoms with Gasteiger partial charge in [0.15, 0.2) is 0 Å². The van der Waals surface area contributed by atoms with Crippen LogP contribution in [0.25, 0.3) is 0 Å². The minimum atomic E-state index is 0.0485. The second-order valence-electron chi connectivity index (χ2n) is 5.65. The van der Waals surface area contributed by atoms with E-state index in [1.54, 1.807) is 0 Å². The van der Waals surface area contributed by atoms with Crippen molar-refractivity contribution in [1.29, 1.82) is 0 Å². The predicted octanol–water partition coefficient (Wildman–Crippen LogP) is 3.71. The summed E-state index contributed by atoms with van der Waals surface area (Å²) in [7, 11) is 0. The smallest absolute Gasteiger partial charge is 0.224 e. The molecular formula is C17H26N2O2. The van der Waals surface area contributed by atoms with Crippen molar-refractivity contribution in [1.82, 2.24) is 0 Å². The monoisotopic (exact) mass is 290 g/mol. The zero-order valence-corrected chi connectivity index (χ0v) is 13.2. The summed E-state index contributed by atoms with van der Waals surface area (Å²) in [5, 5.41) is 6.57. The van der Waals surface area contributed by atoms with Crippen molar-refractivity contribution in [3.63, 3.8) is 0 Å². The molecule has 1 aromatic rings. The Labute approximate surface area is 127 Å². The van der Waals surface area contributed by atoms with Crippen molar-refractivity contribution in [2.75, 3.05) is 17.2 Å². The third-order valence-corrected chi connectivity index (χ3v) is 4.11. The average Bonchev–Trinajstić information content (AvgIpc) is 2.51. The molecule has 2 atom stereocenters.